The van der Waals surface area contributed by atoms with Gasteiger partial charge in [0.25, 0.3) is 0 Å². The van der Waals surface area contributed by atoms with Gasteiger partial charge in [0.2, 0.25) is 0 Å². The van der Waals surface area contributed by atoms with Crippen LogP contribution < -0.4 is 20.4 Å². The lowest BCUT2D eigenvalue weighted by Crippen LogP contribution is -2.47. The highest BCUT2D eigenvalue weighted by Gasteiger charge is 2.20. The van der Waals surface area contributed by atoms with Gasteiger partial charge in [-0.2, -0.15) is 0 Å². The molecule has 0 bridgehead atoms. The maximum absolute atomic E-state index is 12.5. The van der Waals surface area contributed by atoms with Crippen molar-refractivity contribution in [3.63, 3.8) is 0 Å². The summed E-state index contributed by atoms with van der Waals surface area (Å²) in [5.74, 6) is -1.15. The number of hydrogen-bond acceptors (Lipinski definition) is 7. The summed E-state index contributed by atoms with van der Waals surface area (Å²) < 4.78 is 0. The van der Waals surface area contributed by atoms with E-state index in [1.54, 1.807) is 0 Å². The normalized spacial score (nSPS) is 16.4. The van der Waals surface area contributed by atoms with Gasteiger partial charge >= 0.3 is 11.8 Å². The molecule has 5 rings (SSSR count). The fourth-order valence-electron chi connectivity index (χ4n) is 5.55. The number of carbonyl (C=O) groups excluding carboxylic acids is 2. The Morgan fingerprint density at radius 2 is 1.20 bits per heavy atom. The van der Waals surface area contributed by atoms with Crippen LogP contribution >= 0.6 is 0 Å². The minimum absolute atomic E-state index is 0.341. The summed E-state index contributed by atoms with van der Waals surface area (Å²) in [4.78, 5) is 38.6. The molecule has 2 fully saturated rings. The number of rotatable bonds is 10. The highest BCUT2D eigenvalue weighted by molar-refractivity contribution is 6.35. The summed E-state index contributed by atoms with van der Waals surface area (Å²) in [5, 5.41) is 5.60. The first-order valence-electron chi connectivity index (χ1n) is 14.7. The molecule has 0 radical (unpaired) electrons. The van der Waals surface area contributed by atoms with Crippen LogP contribution in [0.4, 0.5) is 11.4 Å². The standard InChI is InChI=1S/C32H41N7O2/c40-31(34-13-6-16-36-17-21-39(22-18-36)30-11-14-33-15-12-30)32(41)35-25-27-7-4-5-8-28(27)26-37-19-23-38(24-20-37)29-9-2-1-3-10-29/h1-5,7-12,14-15H,6,13,16-26H2,(H,34,40)(H,35,41). The third kappa shape index (κ3) is 8.28. The van der Waals surface area contributed by atoms with E-state index >= 15 is 0 Å². The van der Waals surface area contributed by atoms with Crippen LogP contribution in [-0.4, -0.2) is 92.0 Å². The molecule has 216 valence electrons. The van der Waals surface area contributed by atoms with E-state index in [0.717, 1.165) is 77.4 Å². The highest BCUT2D eigenvalue weighted by Crippen LogP contribution is 2.18. The number of anilines is 2. The van der Waals surface area contributed by atoms with Gasteiger partial charge < -0.3 is 20.4 Å². The van der Waals surface area contributed by atoms with Gasteiger partial charge in [-0.25, -0.2) is 0 Å². The van der Waals surface area contributed by atoms with Gasteiger partial charge in [-0.3, -0.25) is 24.4 Å². The zero-order chi connectivity index (χ0) is 28.3. The second-order valence-corrected chi connectivity index (χ2v) is 10.7. The van der Waals surface area contributed by atoms with Crippen LogP contribution in [0.5, 0.6) is 0 Å². The predicted octanol–water partition coefficient (Wildman–Crippen LogP) is 2.35. The third-order valence-electron chi connectivity index (χ3n) is 7.99. The molecular weight excluding hydrogens is 514 g/mol. The Balaban J connectivity index is 0.985. The molecule has 0 spiro atoms. The first-order valence-corrected chi connectivity index (χ1v) is 14.7. The number of piperazine rings is 2. The molecule has 9 nitrogen and oxygen atoms in total. The lowest BCUT2D eigenvalue weighted by Gasteiger charge is -2.36. The molecule has 0 aliphatic carbocycles. The van der Waals surface area contributed by atoms with Crippen LogP contribution in [0.3, 0.4) is 0 Å². The second kappa shape index (κ2) is 14.6. The molecule has 0 unspecified atom stereocenters. The Hall–Kier alpha value is -3.95. The van der Waals surface area contributed by atoms with E-state index in [-0.39, 0.29) is 0 Å². The molecule has 2 aliphatic heterocycles. The Morgan fingerprint density at radius 1 is 0.634 bits per heavy atom. The molecule has 3 aromatic rings. The van der Waals surface area contributed by atoms with Gasteiger partial charge in [0, 0.05) is 95.8 Å². The van der Waals surface area contributed by atoms with Crippen LogP contribution in [0, 0.1) is 0 Å². The van der Waals surface area contributed by atoms with Crippen LogP contribution in [-0.2, 0) is 22.7 Å². The second-order valence-electron chi connectivity index (χ2n) is 10.7. The molecule has 0 saturated carbocycles. The van der Waals surface area contributed by atoms with Crippen molar-refractivity contribution in [3.8, 4) is 0 Å². The number of nitrogens with zero attached hydrogens (tertiary/aromatic N) is 5. The van der Waals surface area contributed by atoms with Crippen molar-refractivity contribution in [1.29, 1.82) is 0 Å². The smallest absolute Gasteiger partial charge is 0.309 e. The van der Waals surface area contributed by atoms with Crippen molar-refractivity contribution < 1.29 is 9.59 Å². The van der Waals surface area contributed by atoms with E-state index in [4.69, 9.17) is 0 Å². The Morgan fingerprint density at radius 3 is 1.88 bits per heavy atom. The van der Waals surface area contributed by atoms with Crippen LogP contribution in [0.25, 0.3) is 0 Å². The van der Waals surface area contributed by atoms with Gasteiger partial charge in [0.15, 0.2) is 0 Å². The van der Waals surface area contributed by atoms with E-state index in [1.807, 2.05) is 48.8 Å². The fourth-order valence-corrected chi connectivity index (χ4v) is 5.55. The minimum Gasteiger partial charge on any atom is -0.369 e. The number of para-hydroxylation sites is 1. The quantitative estimate of drug-likeness (QED) is 0.294. The highest BCUT2D eigenvalue weighted by atomic mass is 16.2. The van der Waals surface area contributed by atoms with Crippen LogP contribution in [0.1, 0.15) is 17.5 Å². The number of nitrogens with one attached hydrogen (secondary N) is 2. The molecule has 3 heterocycles. The largest absolute Gasteiger partial charge is 0.369 e. The average molecular weight is 556 g/mol. The zero-order valence-corrected chi connectivity index (χ0v) is 23.8. The van der Waals surface area contributed by atoms with Gasteiger partial charge in [0.1, 0.15) is 0 Å². The van der Waals surface area contributed by atoms with Gasteiger partial charge in [0.05, 0.1) is 0 Å². The maximum atomic E-state index is 12.5. The number of aromatic nitrogens is 1. The lowest BCUT2D eigenvalue weighted by molar-refractivity contribution is -0.139. The zero-order valence-electron chi connectivity index (χ0n) is 23.8. The third-order valence-corrected chi connectivity index (χ3v) is 7.99. The van der Waals surface area contributed by atoms with Crippen molar-refractivity contribution in [2.75, 3.05) is 75.2 Å². The molecule has 2 aromatic carbocycles. The monoisotopic (exact) mass is 555 g/mol. The lowest BCUT2D eigenvalue weighted by atomic mass is 10.1. The molecule has 2 saturated heterocycles. The summed E-state index contributed by atoms with van der Waals surface area (Å²) >= 11 is 0. The summed E-state index contributed by atoms with van der Waals surface area (Å²) in [6.45, 7) is 10.4. The predicted molar refractivity (Wildman–Crippen MR) is 163 cm³/mol. The number of carbonyl (C=O) groups is 2. The van der Waals surface area contributed by atoms with Crippen LogP contribution in [0.2, 0.25) is 0 Å². The van der Waals surface area contributed by atoms with Crippen molar-refractivity contribution >= 4 is 23.2 Å². The van der Waals surface area contributed by atoms with Crippen LogP contribution in [0.15, 0.2) is 79.1 Å². The van der Waals surface area contributed by atoms with E-state index in [0.29, 0.717) is 13.1 Å². The Labute approximate surface area is 243 Å². The molecule has 41 heavy (non-hydrogen) atoms. The number of pyridine rings is 1. The summed E-state index contributed by atoms with van der Waals surface area (Å²) in [5.41, 5.74) is 4.71. The van der Waals surface area contributed by atoms with Crippen molar-refractivity contribution in [3.05, 3.63) is 90.3 Å². The Bertz CT molecular complexity index is 1240. The van der Waals surface area contributed by atoms with Gasteiger partial charge in [-0.05, 0) is 48.4 Å². The summed E-state index contributed by atoms with van der Waals surface area (Å²) in [6, 6.07) is 22.8. The van der Waals surface area contributed by atoms with E-state index in [1.165, 1.54) is 16.9 Å². The molecule has 1 aromatic heterocycles. The van der Waals surface area contributed by atoms with E-state index in [2.05, 4.69) is 65.5 Å². The number of benzene rings is 2. The molecule has 2 N–H and O–H groups in total. The molecule has 9 heteroatoms. The van der Waals surface area contributed by atoms with Gasteiger partial charge in [-0.15, -0.1) is 0 Å². The molecule has 2 aliphatic rings. The average Bonchev–Trinajstić information content (AvgIpc) is 3.04. The topological polar surface area (TPSA) is 84.0 Å². The Kier molecular flexibility index (Phi) is 10.2. The number of amides is 2. The first kappa shape index (κ1) is 28.6. The van der Waals surface area contributed by atoms with Crippen molar-refractivity contribution in [1.82, 2.24) is 25.4 Å². The molecular formula is C32H41N7O2. The number of hydrogen-bond donors (Lipinski definition) is 2. The van der Waals surface area contributed by atoms with E-state index < -0.39 is 11.8 Å². The summed E-state index contributed by atoms with van der Waals surface area (Å²) in [7, 11) is 0. The molecule has 0 atom stereocenters. The maximum Gasteiger partial charge on any atom is 0.309 e. The van der Waals surface area contributed by atoms with E-state index in [9.17, 15) is 9.59 Å². The minimum atomic E-state index is -0.581. The van der Waals surface area contributed by atoms with Gasteiger partial charge in [-0.1, -0.05) is 42.5 Å². The molecule has 2 amide bonds. The van der Waals surface area contributed by atoms with Crippen molar-refractivity contribution in [2.24, 2.45) is 0 Å². The first-order chi connectivity index (χ1) is 20.2. The SMILES string of the molecule is O=C(NCCCN1CCN(c2ccncc2)CC1)C(=O)NCc1ccccc1CN1CCN(c2ccccc2)CC1. The van der Waals surface area contributed by atoms with Crippen molar-refractivity contribution in [2.45, 2.75) is 19.5 Å². The fraction of sp³-hybridized carbons (Fsp3) is 0.406. The summed E-state index contributed by atoms with van der Waals surface area (Å²) in [6.07, 6.45) is 4.47.